The van der Waals surface area contributed by atoms with Crippen molar-refractivity contribution < 1.29 is 31.2 Å². The quantitative estimate of drug-likeness (QED) is 0.545. The molecule has 0 aliphatic carbocycles. The minimum absolute atomic E-state index is 0.0318. The van der Waals surface area contributed by atoms with E-state index < -0.39 is 50.5 Å². The van der Waals surface area contributed by atoms with Gasteiger partial charge in [-0.2, -0.15) is 0 Å². The summed E-state index contributed by atoms with van der Waals surface area (Å²) in [6.45, 7) is 1.74. The molecule has 1 saturated heterocycles. The van der Waals surface area contributed by atoms with Gasteiger partial charge in [0.25, 0.3) is 5.91 Å². The average molecular weight is 448 g/mol. The summed E-state index contributed by atoms with van der Waals surface area (Å²) in [5.74, 6) is -1.47. The first kappa shape index (κ1) is 23.3. The number of nitrogens with two attached hydrogens (primary N) is 1. The van der Waals surface area contributed by atoms with Crippen molar-refractivity contribution in [3.63, 3.8) is 0 Å². The highest BCUT2D eigenvalue weighted by Gasteiger charge is 2.30. The van der Waals surface area contributed by atoms with E-state index in [-0.39, 0.29) is 18.0 Å². The van der Waals surface area contributed by atoms with E-state index in [2.05, 4.69) is 5.32 Å². The minimum Gasteiger partial charge on any atom is -0.455 e. The lowest BCUT2D eigenvalue weighted by Gasteiger charge is -2.28. The number of carbonyl (C=O) groups is 2. The van der Waals surface area contributed by atoms with Gasteiger partial charge in [-0.15, -0.1) is 0 Å². The maximum absolute atomic E-state index is 12.1. The average Bonchev–Trinajstić information content (AvgIpc) is 2.65. The van der Waals surface area contributed by atoms with E-state index in [0.29, 0.717) is 18.4 Å². The van der Waals surface area contributed by atoms with Gasteiger partial charge in [0.2, 0.25) is 20.0 Å². The maximum Gasteiger partial charge on any atom is 0.309 e. The van der Waals surface area contributed by atoms with Crippen LogP contribution in [0.5, 0.6) is 0 Å². The standard InChI is InChI=1S/C17H25N3O7S2/c1-12(13-3-5-15(6-4-13)29(18,25)26)19-16(21)11-27-17(22)14-7-9-20(10-8-14)28(2,23)24/h3-6,12,14H,7-11H2,1-2H3,(H,19,21)(H2,18,25,26). The third-order valence-electron chi connectivity index (χ3n) is 4.69. The van der Waals surface area contributed by atoms with Crippen LogP contribution in [-0.2, 0) is 34.4 Å². The lowest BCUT2D eigenvalue weighted by atomic mass is 9.98. The van der Waals surface area contributed by atoms with Crippen molar-refractivity contribution in [2.45, 2.75) is 30.7 Å². The topological polar surface area (TPSA) is 153 Å². The van der Waals surface area contributed by atoms with E-state index in [1.807, 2.05) is 0 Å². The van der Waals surface area contributed by atoms with E-state index in [9.17, 15) is 26.4 Å². The molecule has 0 radical (unpaired) electrons. The molecule has 2 rings (SSSR count). The lowest BCUT2D eigenvalue weighted by Crippen LogP contribution is -2.40. The number of primary sulfonamides is 1. The normalized spacial score (nSPS) is 17.5. The van der Waals surface area contributed by atoms with Crippen LogP contribution in [0.4, 0.5) is 0 Å². The van der Waals surface area contributed by atoms with Gasteiger partial charge in [0.1, 0.15) is 0 Å². The summed E-state index contributed by atoms with van der Waals surface area (Å²) in [4.78, 5) is 24.1. The third kappa shape index (κ3) is 6.77. The summed E-state index contributed by atoms with van der Waals surface area (Å²) >= 11 is 0. The van der Waals surface area contributed by atoms with Crippen molar-refractivity contribution in [3.05, 3.63) is 29.8 Å². The van der Waals surface area contributed by atoms with Crippen molar-refractivity contribution >= 4 is 31.9 Å². The Morgan fingerprint density at radius 1 is 1.17 bits per heavy atom. The lowest BCUT2D eigenvalue weighted by molar-refractivity contribution is -0.153. The molecule has 10 nitrogen and oxygen atoms in total. The summed E-state index contributed by atoms with van der Waals surface area (Å²) < 4.78 is 51.9. The molecule has 3 N–H and O–H groups in total. The number of nitrogens with one attached hydrogen (secondary N) is 1. The monoisotopic (exact) mass is 447 g/mol. The fourth-order valence-electron chi connectivity index (χ4n) is 2.99. The molecular weight excluding hydrogens is 422 g/mol. The Labute approximate surface area is 170 Å². The van der Waals surface area contributed by atoms with Crippen LogP contribution in [-0.4, -0.2) is 59.0 Å². The number of benzene rings is 1. The molecule has 1 amide bonds. The van der Waals surface area contributed by atoms with Crippen molar-refractivity contribution in [2.24, 2.45) is 11.1 Å². The molecule has 0 spiro atoms. The number of hydrogen-bond donors (Lipinski definition) is 2. The second-order valence-electron chi connectivity index (χ2n) is 6.95. The smallest absolute Gasteiger partial charge is 0.309 e. The molecular formula is C17H25N3O7S2. The molecule has 1 heterocycles. The molecule has 1 aromatic carbocycles. The zero-order chi connectivity index (χ0) is 21.8. The summed E-state index contributed by atoms with van der Waals surface area (Å²) in [7, 11) is -7.06. The second kappa shape index (κ2) is 9.20. The van der Waals surface area contributed by atoms with Crippen molar-refractivity contribution in [3.8, 4) is 0 Å². The van der Waals surface area contributed by atoms with Crippen LogP contribution in [0.15, 0.2) is 29.2 Å². The molecule has 1 atom stereocenters. The van der Waals surface area contributed by atoms with E-state index in [4.69, 9.17) is 9.88 Å². The van der Waals surface area contributed by atoms with Crippen LogP contribution in [0.25, 0.3) is 0 Å². The van der Waals surface area contributed by atoms with E-state index in [0.717, 1.165) is 6.26 Å². The predicted molar refractivity (Wildman–Crippen MR) is 104 cm³/mol. The number of carbonyl (C=O) groups excluding carboxylic acids is 2. The van der Waals surface area contributed by atoms with E-state index in [1.54, 1.807) is 6.92 Å². The van der Waals surface area contributed by atoms with Gasteiger partial charge in [-0.25, -0.2) is 26.3 Å². The van der Waals surface area contributed by atoms with Crippen LogP contribution in [0.3, 0.4) is 0 Å². The molecule has 1 unspecified atom stereocenters. The zero-order valence-electron chi connectivity index (χ0n) is 16.2. The van der Waals surface area contributed by atoms with E-state index in [1.165, 1.54) is 28.6 Å². The Morgan fingerprint density at radius 2 is 1.72 bits per heavy atom. The van der Waals surface area contributed by atoms with Gasteiger partial charge >= 0.3 is 5.97 Å². The fraction of sp³-hybridized carbons (Fsp3) is 0.529. The van der Waals surface area contributed by atoms with Crippen LogP contribution in [0.2, 0.25) is 0 Å². The largest absolute Gasteiger partial charge is 0.455 e. The second-order valence-corrected chi connectivity index (χ2v) is 10.5. The number of sulfonamides is 2. The SMILES string of the molecule is CC(NC(=O)COC(=O)C1CCN(S(C)(=O)=O)CC1)c1ccc(S(N)(=O)=O)cc1. The van der Waals surface area contributed by atoms with Gasteiger partial charge in [-0.1, -0.05) is 12.1 Å². The summed E-state index contributed by atoms with van der Waals surface area (Å²) in [5.41, 5.74) is 0.658. The molecule has 1 aromatic rings. The van der Waals surface area contributed by atoms with Crippen LogP contribution in [0.1, 0.15) is 31.4 Å². The third-order valence-corrected chi connectivity index (χ3v) is 6.92. The van der Waals surface area contributed by atoms with Crippen LogP contribution in [0, 0.1) is 5.92 Å². The van der Waals surface area contributed by atoms with Gasteiger partial charge in [-0.3, -0.25) is 9.59 Å². The molecule has 0 aromatic heterocycles. The minimum atomic E-state index is -3.79. The highest BCUT2D eigenvalue weighted by molar-refractivity contribution is 7.89. The molecule has 0 saturated carbocycles. The first-order valence-corrected chi connectivity index (χ1v) is 12.3. The summed E-state index contributed by atoms with van der Waals surface area (Å²) in [5, 5.41) is 7.70. The highest BCUT2D eigenvalue weighted by atomic mass is 32.2. The van der Waals surface area contributed by atoms with Crippen molar-refractivity contribution in [1.82, 2.24) is 9.62 Å². The zero-order valence-corrected chi connectivity index (χ0v) is 17.8. The number of hydrogen-bond acceptors (Lipinski definition) is 7. The van der Waals surface area contributed by atoms with E-state index >= 15 is 0 Å². The van der Waals surface area contributed by atoms with Crippen LogP contribution >= 0.6 is 0 Å². The number of amides is 1. The van der Waals surface area contributed by atoms with Gasteiger partial charge < -0.3 is 10.1 Å². The number of ether oxygens (including phenoxy) is 1. The van der Waals surface area contributed by atoms with Crippen LogP contribution < -0.4 is 10.5 Å². The first-order valence-electron chi connectivity index (χ1n) is 8.92. The van der Waals surface area contributed by atoms with Gasteiger partial charge in [-0.05, 0) is 37.5 Å². The number of nitrogens with zero attached hydrogens (tertiary/aromatic N) is 1. The van der Waals surface area contributed by atoms with Crippen molar-refractivity contribution in [1.29, 1.82) is 0 Å². The molecule has 162 valence electrons. The first-order chi connectivity index (χ1) is 13.4. The Hall–Kier alpha value is -2.02. The number of piperidine rings is 1. The summed E-state index contributed by atoms with van der Waals surface area (Å²) in [6, 6.07) is 5.32. The Kier molecular flexibility index (Phi) is 7.38. The van der Waals surface area contributed by atoms with Gasteiger partial charge in [0.05, 0.1) is 23.1 Å². The molecule has 29 heavy (non-hydrogen) atoms. The fourth-order valence-corrected chi connectivity index (χ4v) is 4.38. The molecule has 12 heteroatoms. The summed E-state index contributed by atoms with van der Waals surface area (Å²) in [6.07, 6.45) is 1.82. The maximum atomic E-state index is 12.1. The molecule has 1 aliphatic heterocycles. The Balaban J connectivity index is 1.80. The Morgan fingerprint density at radius 3 is 2.21 bits per heavy atom. The van der Waals surface area contributed by atoms with Gasteiger partial charge in [0.15, 0.2) is 6.61 Å². The van der Waals surface area contributed by atoms with Gasteiger partial charge in [0, 0.05) is 13.1 Å². The molecule has 0 bridgehead atoms. The molecule has 1 aliphatic rings. The number of esters is 1. The molecule has 1 fully saturated rings. The Bertz CT molecular complexity index is 951. The predicted octanol–water partition coefficient (Wildman–Crippen LogP) is -0.274. The highest BCUT2D eigenvalue weighted by Crippen LogP contribution is 2.20. The van der Waals surface area contributed by atoms with Crippen molar-refractivity contribution in [2.75, 3.05) is 26.0 Å². The number of rotatable bonds is 7.